The molecule has 1 aromatic heterocycles. The van der Waals surface area contributed by atoms with Crippen molar-refractivity contribution in [3.8, 4) is 0 Å². The Hall–Kier alpha value is -1.76. The lowest BCUT2D eigenvalue weighted by molar-refractivity contribution is 0.134. The van der Waals surface area contributed by atoms with Crippen LogP contribution in [0.25, 0.3) is 0 Å². The van der Waals surface area contributed by atoms with Gasteiger partial charge in [-0.3, -0.25) is 4.98 Å². The lowest BCUT2D eigenvalue weighted by Crippen LogP contribution is -2.27. The molecule has 1 heterocycles. The number of aromatic nitrogens is 1. The van der Waals surface area contributed by atoms with Crippen molar-refractivity contribution in [3.05, 3.63) is 59.9 Å². The van der Waals surface area contributed by atoms with Gasteiger partial charge in [0, 0.05) is 25.0 Å². The normalized spacial score (nSPS) is 13.0. The average molecular weight is 320 g/mol. The van der Waals surface area contributed by atoms with Crippen LogP contribution >= 0.6 is 0 Å². The molecule has 0 saturated carbocycles. The zero-order valence-corrected chi connectivity index (χ0v) is 13.5. The van der Waals surface area contributed by atoms with Crippen molar-refractivity contribution in [1.29, 1.82) is 0 Å². The van der Waals surface area contributed by atoms with Gasteiger partial charge in [0.05, 0.1) is 11.5 Å². The van der Waals surface area contributed by atoms with E-state index < -0.39 is 10.0 Å². The highest BCUT2D eigenvalue weighted by Gasteiger charge is 2.18. The molecule has 1 aromatic carbocycles. The van der Waals surface area contributed by atoms with E-state index in [1.165, 1.54) is 0 Å². The zero-order valence-electron chi connectivity index (χ0n) is 12.7. The summed E-state index contributed by atoms with van der Waals surface area (Å²) in [5.74, 6) is 0. The van der Waals surface area contributed by atoms with Crippen molar-refractivity contribution in [1.82, 2.24) is 9.71 Å². The Balaban J connectivity index is 2.16. The van der Waals surface area contributed by atoms with Crippen molar-refractivity contribution >= 4 is 10.0 Å². The van der Waals surface area contributed by atoms with Crippen LogP contribution in [0.15, 0.2) is 53.7 Å². The van der Waals surface area contributed by atoms with E-state index in [0.29, 0.717) is 13.2 Å². The molecule has 2 aromatic rings. The van der Waals surface area contributed by atoms with E-state index in [1.807, 2.05) is 13.0 Å². The third-order valence-corrected chi connectivity index (χ3v) is 4.76. The van der Waals surface area contributed by atoms with Gasteiger partial charge in [0.2, 0.25) is 10.0 Å². The summed E-state index contributed by atoms with van der Waals surface area (Å²) in [6, 6.07) is 10.0. The second-order valence-corrected chi connectivity index (χ2v) is 6.62. The number of benzene rings is 1. The maximum atomic E-state index is 12.5. The molecule has 5 nitrogen and oxygen atoms in total. The molecule has 0 fully saturated rings. The van der Waals surface area contributed by atoms with E-state index in [9.17, 15) is 8.42 Å². The van der Waals surface area contributed by atoms with Crippen molar-refractivity contribution in [2.45, 2.75) is 31.4 Å². The minimum absolute atomic E-state index is 0.241. The average Bonchev–Trinajstić information content (AvgIpc) is 2.53. The van der Waals surface area contributed by atoms with Crippen LogP contribution < -0.4 is 4.72 Å². The number of pyridine rings is 1. The van der Waals surface area contributed by atoms with Gasteiger partial charge in [-0.05, 0) is 49.2 Å². The molecule has 1 unspecified atom stereocenters. The molecule has 2 rings (SSSR count). The van der Waals surface area contributed by atoms with Gasteiger partial charge in [-0.2, -0.15) is 0 Å². The molecule has 118 valence electrons. The van der Waals surface area contributed by atoms with E-state index >= 15 is 0 Å². The van der Waals surface area contributed by atoms with Gasteiger partial charge in [-0.1, -0.05) is 12.1 Å². The lowest BCUT2D eigenvalue weighted by Gasteiger charge is -2.15. The molecule has 0 radical (unpaired) electrons. The number of rotatable bonds is 7. The molecule has 22 heavy (non-hydrogen) atoms. The maximum Gasteiger partial charge on any atom is 0.241 e. The molecule has 0 bridgehead atoms. The van der Waals surface area contributed by atoms with Crippen LogP contribution in [0.1, 0.15) is 31.0 Å². The fraction of sp³-hybridized carbons (Fsp3) is 0.312. The Kier molecular flexibility index (Phi) is 5.65. The van der Waals surface area contributed by atoms with Crippen molar-refractivity contribution in [2.75, 3.05) is 6.61 Å². The molecule has 0 aliphatic rings. The van der Waals surface area contributed by atoms with Gasteiger partial charge in [-0.15, -0.1) is 0 Å². The lowest BCUT2D eigenvalue weighted by atomic mass is 10.1. The Bertz CT molecular complexity index is 702. The van der Waals surface area contributed by atoms with E-state index in [0.717, 1.165) is 11.1 Å². The quantitative estimate of drug-likeness (QED) is 0.851. The van der Waals surface area contributed by atoms with Crippen molar-refractivity contribution < 1.29 is 13.2 Å². The first-order valence-corrected chi connectivity index (χ1v) is 8.60. The second kappa shape index (κ2) is 7.49. The number of ether oxygens (including phenoxy) is 1. The fourth-order valence-electron chi connectivity index (χ4n) is 2.04. The van der Waals surface area contributed by atoms with Crippen LogP contribution in [0.5, 0.6) is 0 Å². The van der Waals surface area contributed by atoms with Gasteiger partial charge in [0.25, 0.3) is 0 Å². The number of hydrogen-bond donors (Lipinski definition) is 1. The Labute approximate surface area is 131 Å². The summed E-state index contributed by atoms with van der Waals surface area (Å²) in [5.41, 5.74) is 1.70. The number of nitrogens with one attached hydrogen (secondary N) is 1. The van der Waals surface area contributed by atoms with Gasteiger partial charge >= 0.3 is 0 Å². The Morgan fingerprint density at radius 3 is 2.64 bits per heavy atom. The van der Waals surface area contributed by atoms with E-state index in [-0.39, 0.29) is 10.9 Å². The number of nitrogens with zero attached hydrogens (tertiary/aromatic N) is 1. The number of hydrogen-bond acceptors (Lipinski definition) is 4. The van der Waals surface area contributed by atoms with E-state index in [1.54, 1.807) is 49.6 Å². The largest absolute Gasteiger partial charge is 0.377 e. The summed E-state index contributed by atoms with van der Waals surface area (Å²) in [6.07, 6.45) is 3.28. The third kappa shape index (κ3) is 4.37. The number of sulfonamides is 1. The van der Waals surface area contributed by atoms with Gasteiger partial charge < -0.3 is 4.74 Å². The van der Waals surface area contributed by atoms with Crippen LogP contribution in [0, 0.1) is 0 Å². The molecule has 0 aliphatic heterocycles. The monoisotopic (exact) mass is 320 g/mol. The molecule has 0 spiro atoms. The summed E-state index contributed by atoms with van der Waals surface area (Å²) in [6.45, 7) is 4.70. The summed E-state index contributed by atoms with van der Waals surface area (Å²) >= 11 is 0. The first-order valence-electron chi connectivity index (χ1n) is 7.12. The highest BCUT2D eigenvalue weighted by atomic mass is 32.2. The van der Waals surface area contributed by atoms with Crippen molar-refractivity contribution in [2.24, 2.45) is 0 Å². The molecular weight excluding hydrogens is 300 g/mol. The Morgan fingerprint density at radius 2 is 1.95 bits per heavy atom. The van der Waals surface area contributed by atoms with Gasteiger partial charge in [0.1, 0.15) is 0 Å². The molecule has 6 heteroatoms. The zero-order chi connectivity index (χ0) is 16.0. The molecular formula is C16H20N2O3S. The van der Waals surface area contributed by atoms with Crippen LogP contribution in [0.3, 0.4) is 0 Å². The summed E-state index contributed by atoms with van der Waals surface area (Å²) in [5, 5.41) is 0. The highest BCUT2D eigenvalue weighted by Crippen LogP contribution is 2.17. The van der Waals surface area contributed by atoms with Crippen LogP contribution in [-0.4, -0.2) is 20.0 Å². The molecule has 0 aliphatic carbocycles. The SMILES string of the molecule is CCOCc1cccc(S(=O)(=O)NC(C)c2ccncc2)c1. The molecule has 0 amide bonds. The van der Waals surface area contributed by atoms with Crippen molar-refractivity contribution in [3.63, 3.8) is 0 Å². The highest BCUT2D eigenvalue weighted by molar-refractivity contribution is 7.89. The molecule has 0 saturated heterocycles. The van der Waals surface area contributed by atoms with Crippen LogP contribution in [0.4, 0.5) is 0 Å². The van der Waals surface area contributed by atoms with Gasteiger partial charge in [0.15, 0.2) is 0 Å². The van der Waals surface area contributed by atoms with Crippen LogP contribution in [-0.2, 0) is 21.4 Å². The summed E-state index contributed by atoms with van der Waals surface area (Å²) < 4.78 is 32.9. The molecule has 1 atom stereocenters. The summed E-state index contributed by atoms with van der Waals surface area (Å²) in [7, 11) is -3.58. The smallest absolute Gasteiger partial charge is 0.241 e. The maximum absolute atomic E-state index is 12.5. The van der Waals surface area contributed by atoms with E-state index in [4.69, 9.17) is 4.74 Å². The van der Waals surface area contributed by atoms with E-state index in [2.05, 4.69) is 9.71 Å². The predicted molar refractivity (Wildman–Crippen MR) is 84.7 cm³/mol. The Morgan fingerprint density at radius 1 is 1.23 bits per heavy atom. The minimum atomic E-state index is -3.58. The standard InChI is InChI=1S/C16H20N2O3S/c1-3-21-12-14-5-4-6-16(11-14)22(19,20)18-13(2)15-7-9-17-10-8-15/h4-11,13,18H,3,12H2,1-2H3. The molecule has 1 N–H and O–H groups in total. The summed E-state index contributed by atoms with van der Waals surface area (Å²) in [4.78, 5) is 4.17. The van der Waals surface area contributed by atoms with Gasteiger partial charge in [-0.25, -0.2) is 13.1 Å². The van der Waals surface area contributed by atoms with Crippen LogP contribution in [0.2, 0.25) is 0 Å². The first kappa shape index (κ1) is 16.6. The first-order chi connectivity index (χ1) is 10.5. The third-order valence-electron chi connectivity index (χ3n) is 3.22. The topological polar surface area (TPSA) is 68.3 Å². The second-order valence-electron chi connectivity index (χ2n) is 4.91. The predicted octanol–water partition coefficient (Wildman–Crippen LogP) is 2.66. The minimum Gasteiger partial charge on any atom is -0.377 e. The fourth-order valence-corrected chi connectivity index (χ4v) is 3.35.